The topological polar surface area (TPSA) is 70.4 Å². The Morgan fingerprint density at radius 1 is 1.00 bits per heavy atom. The summed E-state index contributed by atoms with van der Waals surface area (Å²) in [4.78, 5) is 27.2. The summed E-state index contributed by atoms with van der Waals surface area (Å²) in [6.45, 7) is 2.41. The quantitative estimate of drug-likeness (QED) is 0.593. The second kappa shape index (κ2) is 8.84. The van der Waals surface area contributed by atoms with E-state index in [9.17, 15) is 14.9 Å². The molecule has 1 aliphatic rings. The fraction of sp³-hybridized carbons (Fsp3) is 0.296. The van der Waals surface area contributed by atoms with Gasteiger partial charge in [-0.15, -0.1) is 0 Å². The number of ketones is 1. The van der Waals surface area contributed by atoms with Gasteiger partial charge in [-0.2, -0.15) is 5.26 Å². The number of methoxy groups -OCH3 is 1. The minimum atomic E-state index is -1.39. The molecule has 0 aliphatic carbocycles. The number of amides is 1. The van der Waals surface area contributed by atoms with Crippen LogP contribution in [0.5, 0.6) is 5.75 Å². The summed E-state index contributed by atoms with van der Waals surface area (Å²) in [5, 5.41) is 12.5. The molecule has 4 rings (SSSR count). The monoisotopic (exact) mass is 426 g/mol. The lowest BCUT2D eigenvalue weighted by Crippen LogP contribution is -2.48. The van der Waals surface area contributed by atoms with E-state index in [2.05, 4.69) is 6.07 Å². The maximum absolute atomic E-state index is 13.8. The number of fused-ring (bicyclic) bond motifs is 1. The summed E-state index contributed by atoms with van der Waals surface area (Å²) < 4.78 is 5.66. The number of hydrogen-bond acceptors (Lipinski definition) is 4. The number of carbonyl (C=O) groups excluding carboxylic acids is 2. The Balaban J connectivity index is 1.93. The number of piperidine rings is 1. The Hall–Kier alpha value is -3.65. The average Bonchev–Trinajstić information content (AvgIpc) is 2.84. The second-order valence-corrected chi connectivity index (χ2v) is 8.39. The molecule has 0 unspecified atom stereocenters. The summed E-state index contributed by atoms with van der Waals surface area (Å²) in [5.41, 5.74) is 0.300. The normalized spacial score (nSPS) is 16.8. The van der Waals surface area contributed by atoms with Crippen LogP contribution in [0.2, 0.25) is 0 Å². The van der Waals surface area contributed by atoms with Crippen LogP contribution < -0.4 is 4.74 Å². The molecule has 3 aromatic carbocycles. The lowest BCUT2D eigenvalue weighted by molar-refractivity contribution is -0.141. The largest absolute Gasteiger partial charge is 0.496 e. The summed E-state index contributed by atoms with van der Waals surface area (Å²) in [6.07, 6.45) is 0.668. The predicted molar refractivity (Wildman–Crippen MR) is 123 cm³/mol. The first-order valence-corrected chi connectivity index (χ1v) is 10.8. The number of carbonyl (C=O) groups is 2. The number of Topliss-reactive ketones (excluding diaryl/α,β-unsaturated/α-hetero) is 1. The van der Waals surface area contributed by atoms with Crippen LogP contribution in [-0.2, 0) is 9.59 Å². The van der Waals surface area contributed by atoms with Crippen molar-refractivity contribution < 1.29 is 14.3 Å². The Labute approximate surface area is 188 Å². The van der Waals surface area contributed by atoms with Crippen molar-refractivity contribution in [3.05, 3.63) is 77.9 Å². The highest BCUT2D eigenvalue weighted by atomic mass is 16.5. The molecule has 3 aromatic rings. The molecule has 0 saturated carbocycles. The highest BCUT2D eigenvalue weighted by molar-refractivity contribution is 5.92. The van der Waals surface area contributed by atoms with Crippen LogP contribution in [-0.4, -0.2) is 36.8 Å². The fourth-order valence-electron chi connectivity index (χ4n) is 4.72. The maximum atomic E-state index is 13.8. The van der Waals surface area contributed by atoms with Gasteiger partial charge in [-0.3, -0.25) is 9.59 Å². The van der Waals surface area contributed by atoms with E-state index in [1.165, 1.54) is 0 Å². The van der Waals surface area contributed by atoms with Gasteiger partial charge in [0.15, 0.2) is 0 Å². The molecule has 1 aliphatic heterocycles. The van der Waals surface area contributed by atoms with E-state index in [4.69, 9.17) is 4.74 Å². The van der Waals surface area contributed by atoms with Crippen LogP contribution in [0.4, 0.5) is 0 Å². The highest BCUT2D eigenvalue weighted by Gasteiger charge is 2.47. The van der Waals surface area contributed by atoms with E-state index in [-0.39, 0.29) is 11.7 Å². The van der Waals surface area contributed by atoms with E-state index >= 15 is 0 Å². The lowest BCUT2D eigenvalue weighted by atomic mass is 9.68. The molecular weight excluding hydrogens is 400 g/mol. The number of nitriles is 1. The molecule has 2 atom stereocenters. The van der Waals surface area contributed by atoms with Crippen LogP contribution in [0, 0.1) is 16.7 Å². The zero-order valence-corrected chi connectivity index (χ0v) is 18.4. The summed E-state index contributed by atoms with van der Waals surface area (Å²) in [7, 11) is 1.60. The number of nitrogens with zero attached hydrogens (tertiary/aromatic N) is 2. The molecule has 0 aromatic heterocycles. The van der Waals surface area contributed by atoms with E-state index in [1.54, 1.807) is 18.9 Å². The Morgan fingerprint density at radius 2 is 1.62 bits per heavy atom. The Kier molecular flexibility index (Phi) is 5.96. The number of ether oxygens (including phenoxy) is 1. The molecule has 0 radical (unpaired) electrons. The van der Waals surface area contributed by atoms with E-state index < -0.39 is 11.3 Å². The van der Waals surface area contributed by atoms with Crippen molar-refractivity contribution in [2.24, 2.45) is 5.41 Å². The third-order valence-electron chi connectivity index (χ3n) is 6.45. The molecule has 32 heavy (non-hydrogen) atoms. The SMILES string of the molecule is COc1ccccc1[C@H](c1cccc2ccccc12)[C@@](C)(C#N)C(=O)N1CCC(=O)CC1. The van der Waals surface area contributed by atoms with Gasteiger partial charge in [0.1, 0.15) is 16.9 Å². The van der Waals surface area contributed by atoms with Crippen LogP contribution >= 0.6 is 0 Å². The summed E-state index contributed by atoms with van der Waals surface area (Å²) in [5.74, 6) is -0.0206. The molecule has 1 amide bonds. The molecule has 1 heterocycles. The van der Waals surface area contributed by atoms with E-state index in [0.717, 1.165) is 21.9 Å². The van der Waals surface area contributed by atoms with E-state index in [0.29, 0.717) is 31.7 Å². The number of likely N-dealkylation sites (tertiary alicyclic amines) is 1. The fourth-order valence-corrected chi connectivity index (χ4v) is 4.72. The number of benzene rings is 3. The minimum Gasteiger partial charge on any atom is -0.496 e. The predicted octanol–water partition coefficient (Wildman–Crippen LogP) is 4.70. The first-order chi connectivity index (χ1) is 15.5. The summed E-state index contributed by atoms with van der Waals surface area (Å²) in [6, 6.07) is 23.9. The van der Waals surface area contributed by atoms with Crippen LogP contribution in [0.3, 0.4) is 0 Å². The third-order valence-corrected chi connectivity index (χ3v) is 6.45. The van der Waals surface area contributed by atoms with Gasteiger partial charge in [0, 0.05) is 37.4 Å². The van der Waals surface area contributed by atoms with Gasteiger partial charge in [-0.25, -0.2) is 0 Å². The van der Waals surface area contributed by atoms with Crippen LogP contribution in [0.25, 0.3) is 10.8 Å². The molecular formula is C27H26N2O3. The molecule has 5 nitrogen and oxygen atoms in total. The van der Waals surface area contributed by atoms with Crippen molar-refractivity contribution in [3.8, 4) is 11.8 Å². The number of rotatable bonds is 5. The zero-order valence-electron chi connectivity index (χ0n) is 18.4. The molecule has 162 valence electrons. The smallest absolute Gasteiger partial charge is 0.243 e. The molecule has 0 spiro atoms. The van der Waals surface area contributed by atoms with Crippen molar-refractivity contribution in [2.75, 3.05) is 20.2 Å². The Morgan fingerprint density at radius 3 is 2.34 bits per heavy atom. The van der Waals surface area contributed by atoms with Gasteiger partial charge in [0.2, 0.25) is 5.91 Å². The van der Waals surface area contributed by atoms with Gasteiger partial charge < -0.3 is 9.64 Å². The molecule has 1 saturated heterocycles. The highest BCUT2D eigenvalue weighted by Crippen LogP contribution is 2.47. The molecule has 5 heteroatoms. The van der Waals surface area contributed by atoms with Crippen LogP contribution in [0.1, 0.15) is 36.8 Å². The maximum Gasteiger partial charge on any atom is 0.243 e. The van der Waals surface area contributed by atoms with Crippen molar-refractivity contribution in [3.63, 3.8) is 0 Å². The standard InChI is InChI=1S/C27H26N2O3/c1-27(18-28,26(31)29-16-14-20(30)15-17-29)25(23-11-5-6-13-24(23)32-2)22-12-7-9-19-8-3-4-10-21(19)22/h3-13,25H,14-17H2,1-2H3/t25-,27+/m0/s1. The molecule has 0 bridgehead atoms. The number of hydrogen-bond donors (Lipinski definition) is 0. The minimum absolute atomic E-state index is 0.156. The van der Waals surface area contributed by atoms with Crippen LogP contribution in [0.15, 0.2) is 66.7 Å². The van der Waals surface area contributed by atoms with Gasteiger partial charge in [-0.05, 0) is 29.3 Å². The first kappa shape index (κ1) is 21.6. The Bertz CT molecular complexity index is 1200. The van der Waals surface area contributed by atoms with Crippen molar-refractivity contribution in [1.82, 2.24) is 4.90 Å². The molecule has 0 N–H and O–H groups in total. The van der Waals surface area contributed by atoms with Gasteiger partial charge in [0.05, 0.1) is 13.2 Å². The third kappa shape index (κ3) is 3.73. The number of para-hydroxylation sites is 1. The second-order valence-electron chi connectivity index (χ2n) is 8.39. The van der Waals surface area contributed by atoms with Gasteiger partial charge in [-0.1, -0.05) is 60.7 Å². The first-order valence-electron chi connectivity index (χ1n) is 10.8. The van der Waals surface area contributed by atoms with Crippen molar-refractivity contribution in [1.29, 1.82) is 5.26 Å². The van der Waals surface area contributed by atoms with Crippen molar-refractivity contribution >= 4 is 22.5 Å². The zero-order chi connectivity index (χ0) is 22.7. The molecule has 1 fully saturated rings. The average molecular weight is 427 g/mol. The van der Waals surface area contributed by atoms with Gasteiger partial charge in [0.25, 0.3) is 0 Å². The summed E-state index contributed by atoms with van der Waals surface area (Å²) >= 11 is 0. The van der Waals surface area contributed by atoms with E-state index in [1.807, 2.05) is 66.7 Å². The van der Waals surface area contributed by atoms with Gasteiger partial charge >= 0.3 is 0 Å². The van der Waals surface area contributed by atoms with Crippen molar-refractivity contribution in [2.45, 2.75) is 25.7 Å². The lowest BCUT2D eigenvalue weighted by Gasteiger charge is -2.38.